The third kappa shape index (κ3) is 4.60. The van der Waals surface area contributed by atoms with Crippen molar-refractivity contribution in [2.24, 2.45) is 0 Å². The molecule has 2 saturated heterocycles. The summed E-state index contributed by atoms with van der Waals surface area (Å²) in [5.41, 5.74) is 1.12. The molecule has 164 valence electrons. The zero-order chi connectivity index (χ0) is 21.1. The molecule has 6 nitrogen and oxygen atoms in total. The molecule has 2 aliphatic heterocycles. The number of amides is 1. The van der Waals surface area contributed by atoms with Crippen molar-refractivity contribution in [3.8, 4) is 0 Å². The van der Waals surface area contributed by atoms with Crippen LogP contribution in [0.4, 0.5) is 0 Å². The second-order valence-corrected chi connectivity index (χ2v) is 10.3. The number of nitrogens with zero attached hydrogens (tertiary/aromatic N) is 3. The average molecular weight is 450 g/mol. The second kappa shape index (κ2) is 9.83. The van der Waals surface area contributed by atoms with Gasteiger partial charge in [0.15, 0.2) is 5.16 Å². The summed E-state index contributed by atoms with van der Waals surface area (Å²) in [5.74, 6) is 0.477. The van der Waals surface area contributed by atoms with Gasteiger partial charge in [-0.3, -0.25) is 14.2 Å². The van der Waals surface area contributed by atoms with Crippen molar-refractivity contribution in [2.45, 2.75) is 76.6 Å². The van der Waals surface area contributed by atoms with Crippen LogP contribution in [0, 0.1) is 6.92 Å². The summed E-state index contributed by atoms with van der Waals surface area (Å²) in [5, 5.41) is 1.40. The lowest BCUT2D eigenvalue weighted by atomic mass is 10.1. The van der Waals surface area contributed by atoms with Crippen LogP contribution < -0.4 is 5.56 Å². The van der Waals surface area contributed by atoms with Gasteiger partial charge >= 0.3 is 0 Å². The number of aromatic nitrogens is 2. The summed E-state index contributed by atoms with van der Waals surface area (Å²) in [7, 11) is 0. The lowest BCUT2D eigenvalue weighted by Gasteiger charge is -2.20. The van der Waals surface area contributed by atoms with Gasteiger partial charge < -0.3 is 9.64 Å². The molecule has 0 saturated carbocycles. The van der Waals surface area contributed by atoms with E-state index in [4.69, 9.17) is 9.72 Å². The van der Waals surface area contributed by atoms with Crippen LogP contribution in [0.25, 0.3) is 10.2 Å². The molecule has 4 rings (SSSR count). The third-order valence-corrected chi connectivity index (χ3v) is 8.13. The largest absolute Gasteiger partial charge is 0.376 e. The number of thioether (sulfide) groups is 1. The predicted octanol–water partition coefficient (Wildman–Crippen LogP) is 4.00. The minimum Gasteiger partial charge on any atom is -0.376 e. The van der Waals surface area contributed by atoms with E-state index >= 15 is 0 Å². The molecule has 2 aliphatic rings. The van der Waals surface area contributed by atoms with Crippen LogP contribution in [0.15, 0.2) is 9.95 Å². The van der Waals surface area contributed by atoms with Crippen LogP contribution in [-0.4, -0.2) is 51.9 Å². The van der Waals surface area contributed by atoms with E-state index in [1.165, 1.54) is 24.6 Å². The number of aryl methyl sites for hydroxylation is 2. The highest BCUT2D eigenvalue weighted by molar-refractivity contribution is 7.99. The van der Waals surface area contributed by atoms with Gasteiger partial charge in [0.05, 0.1) is 23.8 Å². The number of carbonyl (C=O) groups excluding carboxylic acids is 1. The van der Waals surface area contributed by atoms with Gasteiger partial charge in [0.25, 0.3) is 5.56 Å². The molecule has 8 heteroatoms. The number of hydrogen-bond donors (Lipinski definition) is 0. The first kappa shape index (κ1) is 21.8. The van der Waals surface area contributed by atoms with E-state index in [1.54, 1.807) is 15.9 Å². The lowest BCUT2D eigenvalue weighted by molar-refractivity contribution is -0.128. The molecule has 1 amide bonds. The number of thiophene rings is 1. The van der Waals surface area contributed by atoms with Gasteiger partial charge in [-0.05, 0) is 44.6 Å². The first-order chi connectivity index (χ1) is 14.6. The fourth-order valence-corrected chi connectivity index (χ4v) is 6.52. The Bertz CT molecular complexity index is 955. The smallest absolute Gasteiger partial charge is 0.263 e. The number of fused-ring (bicyclic) bond motifs is 1. The van der Waals surface area contributed by atoms with Gasteiger partial charge in [-0.1, -0.05) is 31.5 Å². The van der Waals surface area contributed by atoms with E-state index in [0.29, 0.717) is 17.5 Å². The number of hydrogen-bond acceptors (Lipinski definition) is 6. The van der Waals surface area contributed by atoms with E-state index in [2.05, 4.69) is 13.8 Å². The average Bonchev–Trinajstić information content (AvgIpc) is 3.26. The van der Waals surface area contributed by atoms with E-state index in [1.807, 2.05) is 4.90 Å². The minimum absolute atomic E-state index is 0.0152. The molecular formula is C22H31N3O3S2. The summed E-state index contributed by atoms with van der Waals surface area (Å²) >= 11 is 2.99. The Morgan fingerprint density at radius 3 is 2.67 bits per heavy atom. The Balaban J connectivity index is 1.63. The van der Waals surface area contributed by atoms with Crippen LogP contribution in [0.5, 0.6) is 0 Å². The van der Waals surface area contributed by atoms with Gasteiger partial charge in [0, 0.05) is 24.6 Å². The van der Waals surface area contributed by atoms with Gasteiger partial charge in [0.2, 0.25) is 5.91 Å². The quantitative estimate of drug-likeness (QED) is 0.493. The highest BCUT2D eigenvalue weighted by Gasteiger charge is 2.24. The summed E-state index contributed by atoms with van der Waals surface area (Å²) < 4.78 is 7.57. The predicted molar refractivity (Wildman–Crippen MR) is 123 cm³/mol. The van der Waals surface area contributed by atoms with Gasteiger partial charge in [-0.25, -0.2) is 4.98 Å². The SMILES string of the molecule is CCc1c(C)sc2nc(SCC(=O)N3CCCCCC3)n(CC3CCCO3)c(=O)c12. The molecule has 2 aromatic heterocycles. The molecule has 30 heavy (non-hydrogen) atoms. The van der Waals surface area contributed by atoms with Crippen LogP contribution in [0.2, 0.25) is 0 Å². The third-order valence-electron chi connectivity index (χ3n) is 6.12. The fraction of sp³-hybridized carbons (Fsp3) is 0.682. The molecule has 2 aromatic rings. The Kier molecular flexibility index (Phi) is 7.16. The van der Waals surface area contributed by atoms with E-state index in [9.17, 15) is 9.59 Å². The van der Waals surface area contributed by atoms with Gasteiger partial charge in [-0.15, -0.1) is 11.3 Å². The Morgan fingerprint density at radius 1 is 1.23 bits per heavy atom. The van der Waals surface area contributed by atoms with E-state index in [-0.39, 0.29) is 17.6 Å². The minimum atomic E-state index is 0.0152. The number of rotatable bonds is 6. The Labute approximate surface area is 186 Å². The zero-order valence-electron chi connectivity index (χ0n) is 17.9. The van der Waals surface area contributed by atoms with Crippen molar-refractivity contribution in [2.75, 3.05) is 25.4 Å². The van der Waals surface area contributed by atoms with E-state index in [0.717, 1.165) is 72.5 Å². The first-order valence-electron chi connectivity index (χ1n) is 11.1. The standard InChI is InChI=1S/C22H31N3O3S2/c1-3-17-15(2)30-20-19(17)21(27)25(13-16-9-8-12-28-16)22(23-20)29-14-18(26)24-10-6-4-5-7-11-24/h16H,3-14H2,1-2H3. The zero-order valence-corrected chi connectivity index (χ0v) is 19.6. The summed E-state index contributed by atoms with van der Waals surface area (Å²) in [6.07, 6.45) is 7.43. The summed E-state index contributed by atoms with van der Waals surface area (Å²) in [6.45, 7) is 7.10. The van der Waals surface area contributed by atoms with Gasteiger partial charge in [0.1, 0.15) is 4.83 Å². The molecule has 0 N–H and O–H groups in total. The van der Waals surface area contributed by atoms with Gasteiger partial charge in [-0.2, -0.15) is 0 Å². The van der Waals surface area contributed by atoms with Crippen LogP contribution in [-0.2, 0) is 22.5 Å². The van der Waals surface area contributed by atoms with Crippen molar-refractivity contribution in [1.29, 1.82) is 0 Å². The van der Waals surface area contributed by atoms with Crippen molar-refractivity contribution in [1.82, 2.24) is 14.5 Å². The highest BCUT2D eigenvalue weighted by Crippen LogP contribution is 2.30. The number of ether oxygens (including phenoxy) is 1. The molecule has 0 spiro atoms. The molecule has 0 aliphatic carbocycles. The van der Waals surface area contributed by atoms with Crippen molar-refractivity contribution < 1.29 is 9.53 Å². The normalized spacial score (nSPS) is 20.1. The van der Waals surface area contributed by atoms with E-state index < -0.39 is 0 Å². The molecule has 1 atom stereocenters. The van der Waals surface area contributed by atoms with Crippen molar-refractivity contribution in [3.63, 3.8) is 0 Å². The number of likely N-dealkylation sites (tertiary alicyclic amines) is 1. The molecule has 0 aromatic carbocycles. The van der Waals surface area contributed by atoms with Crippen LogP contribution in [0.3, 0.4) is 0 Å². The van der Waals surface area contributed by atoms with Crippen LogP contribution >= 0.6 is 23.1 Å². The molecule has 1 unspecified atom stereocenters. The molecule has 0 bridgehead atoms. The van der Waals surface area contributed by atoms with Crippen molar-refractivity contribution in [3.05, 3.63) is 20.8 Å². The molecule has 2 fully saturated rings. The fourth-order valence-electron chi connectivity index (χ4n) is 4.46. The Hall–Kier alpha value is -1.38. The first-order valence-corrected chi connectivity index (χ1v) is 12.9. The monoisotopic (exact) mass is 449 g/mol. The number of carbonyl (C=O) groups is 1. The molecular weight excluding hydrogens is 418 g/mol. The topological polar surface area (TPSA) is 64.4 Å². The lowest BCUT2D eigenvalue weighted by Crippen LogP contribution is -2.34. The molecule has 4 heterocycles. The summed E-state index contributed by atoms with van der Waals surface area (Å²) in [6, 6.07) is 0. The van der Waals surface area contributed by atoms with Crippen molar-refractivity contribution >= 4 is 39.2 Å². The maximum Gasteiger partial charge on any atom is 0.263 e. The summed E-state index contributed by atoms with van der Waals surface area (Å²) in [4.78, 5) is 35.1. The highest BCUT2D eigenvalue weighted by atomic mass is 32.2. The second-order valence-electron chi connectivity index (χ2n) is 8.20. The maximum absolute atomic E-state index is 13.5. The Morgan fingerprint density at radius 2 is 2.00 bits per heavy atom. The van der Waals surface area contributed by atoms with Crippen LogP contribution in [0.1, 0.15) is 55.9 Å². The maximum atomic E-state index is 13.5. The molecule has 0 radical (unpaired) electrons.